The van der Waals surface area contributed by atoms with E-state index in [2.05, 4.69) is 5.32 Å². The Morgan fingerprint density at radius 2 is 1.48 bits per heavy atom. The number of benzene rings is 2. The monoisotopic (exact) mass is 369 g/mol. The van der Waals surface area contributed by atoms with Gasteiger partial charge in [0.05, 0.1) is 15.5 Å². The molecule has 1 saturated carbocycles. The van der Waals surface area contributed by atoms with E-state index < -0.39 is 9.85 Å². The molecule has 27 heavy (non-hydrogen) atoms. The zero-order valence-corrected chi connectivity index (χ0v) is 14.6. The molecule has 2 aromatic carbocycles. The van der Waals surface area contributed by atoms with Gasteiger partial charge in [-0.25, -0.2) is 0 Å². The SMILES string of the molecule is O=C(Nc1cc([N+](=O)[O-])ccc1-c1ccc([N+](=O)[O-])cc1)C1CCCCC1. The van der Waals surface area contributed by atoms with E-state index in [0.717, 1.165) is 32.1 Å². The third kappa shape index (κ3) is 4.28. The van der Waals surface area contributed by atoms with Crippen LogP contribution in [0.2, 0.25) is 0 Å². The second kappa shape index (κ2) is 7.94. The number of anilines is 1. The van der Waals surface area contributed by atoms with E-state index in [4.69, 9.17) is 0 Å². The van der Waals surface area contributed by atoms with Crippen molar-refractivity contribution in [2.24, 2.45) is 5.92 Å². The van der Waals surface area contributed by atoms with Gasteiger partial charge in [0.15, 0.2) is 0 Å². The predicted molar refractivity (Wildman–Crippen MR) is 100 cm³/mol. The number of hydrogen-bond donors (Lipinski definition) is 1. The van der Waals surface area contributed by atoms with Gasteiger partial charge in [-0.3, -0.25) is 25.0 Å². The maximum atomic E-state index is 12.6. The standard InChI is InChI=1S/C19H19N3O5/c23-19(14-4-2-1-3-5-14)20-18-12-16(22(26)27)10-11-17(18)13-6-8-15(9-7-13)21(24)25/h6-12,14H,1-5H2,(H,20,23). The lowest BCUT2D eigenvalue weighted by Crippen LogP contribution is -2.25. The third-order valence-corrected chi connectivity index (χ3v) is 4.84. The van der Waals surface area contributed by atoms with Gasteiger partial charge in [-0.05, 0) is 36.6 Å². The second-order valence-corrected chi connectivity index (χ2v) is 6.62. The Kier molecular flexibility index (Phi) is 5.44. The molecule has 8 nitrogen and oxygen atoms in total. The number of nitro benzene ring substituents is 2. The molecule has 0 saturated heterocycles. The van der Waals surface area contributed by atoms with Crippen molar-refractivity contribution >= 4 is 23.0 Å². The van der Waals surface area contributed by atoms with Crippen molar-refractivity contribution in [3.8, 4) is 11.1 Å². The number of nitrogens with zero attached hydrogens (tertiary/aromatic N) is 2. The molecular weight excluding hydrogens is 350 g/mol. The minimum atomic E-state index is -0.518. The molecule has 8 heteroatoms. The molecule has 1 aliphatic rings. The molecule has 0 atom stereocenters. The van der Waals surface area contributed by atoms with E-state index in [1.165, 1.54) is 24.3 Å². The number of amides is 1. The van der Waals surface area contributed by atoms with Crippen LogP contribution < -0.4 is 5.32 Å². The molecule has 1 aliphatic carbocycles. The Morgan fingerprint density at radius 1 is 0.889 bits per heavy atom. The van der Waals surface area contributed by atoms with Crippen LogP contribution >= 0.6 is 0 Å². The topological polar surface area (TPSA) is 115 Å². The predicted octanol–water partition coefficient (Wildman–Crippen LogP) is 4.69. The van der Waals surface area contributed by atoms with E-state index in [1.807, 2.05) is 0 Å². The summed E-state index contributed by atoms with van der Waals surface area (Å²) in [6.07, 6.45) is 4.75. The van der Waals surface area contributed by atoms with Crippen LogP contribution in [0.1, 0.15) is 32.1 Å². The molecule has 0 radical (unpaired) electrons. The van der Waals surface area contributed by atoms with Crippen molar-refractivity contribution in [3.05, 3.63) is 62.7 Å². The van der Waals surface area contributed by atoms with Gasteiger partial charge < -0.3 is 5.32 Å². The van der Waals surface area contributed by atoms with E-state index in [9.17, 15) is 25.0 Å². The zero-order valence-electron chi connectivity index (χ0n) is 14.6. The minimum Gasteiger partial charge on any atom is -0.325 e. The molecule has 1 amide bonds. The van der Waals surface area contributed by atoms with Gasteiger partial charge in [-0.2, -0.15) is 0 Å². The number of non-ortho nitro benzene ring substituents is 2. The van der Waals surface area contributed by atoms with Gasteiger partial charge in [0.2, 0.25) is 5.91 Å². The molecular formula is C19H19N3O5. The lowest BCUT2D eigenvalue weighted by molar-refractivity contribution is -0.385. The Bertz CT molecular complexity index is 873. The summed E-state index contributed by atoms with van der Waals surface area (Å²) in [4.78, 5) is 33.5. The van der Waals surface area contributed by atoms with Crippen molar-refractivity contribution in [3.63, 3.8) is 0 Å². The molecule has 3 rings (SSSR count). The molecule has 0 aromatic heterocycles. The molecule has 1 fully saturated rings. The molecule has 0 bridgehead atoms. The van der Waals surface area contributed by atoms with Gasteiger partial charge in [0, 0.05) is 35.7 Å². The number of carbonyl (C=O) groups is 1. The number of nitro groups is 2. The van der Waals surface area contributed by atoms with Gasteiger partial charge in [0.25, 0.3) is 11.4 Å². The minimum absolute atomic E-state index is 0.0477. The first-order valence-electron chi connectivity index (χ1n) is 8.80. The zero-order chi connectivity index (χ0) is 19.4. The number of rotatable bonds is 5. The highest BCUT2D eigenvalue weighted by Crippen LogP contribution is 2.34. The second-order valence-electron chi connectivity index (χ2n) is 6.62. The van der Waals surface area contributed by atoms with Gasteiger partial charge in [-0.1, -0.05) is 19.3 Å². The van der Waals surface area contributed by atoms with Gasteiger partial charge >= 0.3 is 0 Å². The Hall–Kier alpha value is -3.29. The molecule has 1 N–H and O–H groups in total. The summed E-state index contributed by atoms with van der Waals surface area (Å²) in [5.74, 6) is -0.235. The molecule has 2 aromatic rings. The maximum Gasteiger partial charge on any atom is 0.271 e. The van der Waals surface area contributed by atoms with Gasteiger partial charge in [0.1, 0.15) is 0 Å². The summed E-state index contributed by atoms with van der Waals surface area (Å²) < 4.78 is 0. The van der Waals surface area contributed by atoms with Crippen molar-refractivity contribution in [2.75, 3.05) is 5.32 Å². The summed E-state index contributed by atoms with van der Waals surface area (Å²) in [5.41, 5.74) is 1.38. The number of hydrogen-bond acceptors (Lipinski definition) is 5. The van der Waals surface area contributed by atoms with Crippen LogP contribution in [0.4, 0.5) is 17.1 Å². The first-order chi connectivity index (χ1) is 13.0. The van der Waals surface area contributed by atoms with Crippen molar-refractivity contribution in [2.45, 2.75) is 32.1 Å². The van der Waals surface area contributed by atoms with Crippen LogP contribution in [0.5, 0.6) is 0 Å². The molecule has 0 spiro atoms. The maximum absolute atomic E-state index is 12.6. The number of nitrogens with one attached hydrogen (secondary N) is 1. The van der Waals surface area contributed by atoms with Crippen LogP contribution in [0.25, 0.3) is 11.1 Å². The fourth-order valence-electron chi connectivity index (χ4n) is 3.36. The number of carbonyl (C=O) groups excluding carboxylic acids is 1. The lowest BCUT2D eigenvalue weighted by atomic mass is 9.88. The smallest absolute Gasteiger partial charge is 0.271 e. The van der Waals surface area contributed by atoms with Crippen LogP contribution in [0, 0.1) is 26.1 Å². The van der Waals surface area contributed by atoms with E-state index in [1.54, 1.807) is 18.2 Å². The first-order valence-corrected chi connectivity index (χ1v) is 8.80. The summed E-state index contributed by atoms with van der Waals surface area (Å²) >= 11 is 0. The first kappa shape index (κ1) is 18.5. The molecule has 0 heterocycles. The lowest BCUT2D eigenvalue weighted by Gasteiger charge is -2.21. The van der Waals surface area contributed by atoms with E-state index >= 15 is 0 Å². The largest absolute Gasteiger partial charge is 0.325 e. The Balaban J connectivity index is 1.94. The van der Waals surface area contributed by atoms with Crippen LogP contribution in [0.3, 0.4) is 0 Å². The summed E-state index contributed by atoms with van der Waals surface area (Å²) in [5, 5.41) is 24.8. The summed E-state index contributed by atoms with van der Waals surface area (Å²) in [6.45, 7) is 0. The quantitative estimate of drug-likeness (QED) is 0.606. The van der Waals surface area contributed by atoms with E-state index in [-0.39, 0.29) is 23.2 Å². The van der Waals surface area contributed by atoms with Gasteiger partial charge in [-0.15, -0.1) is 0 Å². The highest BCUT2D eigenvalue weighted by molar-refractivity contribution is 5.97. The van der Waals surface area contributed by atoms with Crippen molar-refractivity contribution < 1.29 is 14.6 Å². The average Bonchev–Trinajstić information content (AvgIpc) is 2.68. The fraction of sp³-hybridized carbons (Fsp3) is 0.316. The Morgan fingerprint density at radius 3 is 2.07 bits per heavy atom. The van der Waals surface area contributed by atoms with Crippen molar-refractivity contribution in [1.82, 2.24) is 0 Å². The van der Waals surface area contributed by atoms with Crippen LogP contribution in [-0.4, -0.2) is 15.8 Å². The normalized spacial score (nSPS) is 14.5. The summed E-state index contributed by atoms with van der Waals surface area (Å²) in [7, 11) is 0. The van der Waals surface area contributed by atoms with Crippen molar-refractivity contribution in [1.29, 1.82) is 0 Å². The summed E-state index contributed by atoms with van der Waals surface area (Å²) in [6, 6.07) is 10.1. The van der Waals surface area contributed by atoms with Crippen LogP contribution in [-0.2, 0) is 4.79 Å². The third-order valence-electron chi connectivity index (χ3n) is 4.84. The van der Waals surface area contributed by atoms with E-state index in [0.29, 0.717) is 16.8 Å². The Labute approximate surface area is 155 Å². The highest BCUT2D eigenvalue weighted by Gasteiger charge is 2.23. The average molecular weight is 369 g/mol. The molecule has 140 valence electrons. The molecule has 0 unspecified atom stereocenters. The van der Waals surface area contributed by atoms with Crippen LogP contribution in [0.15, 0.2) is 42.5 Å². The highest BCUT2D eigenvalue weighted by atomic mass is 16.6. The molecule has 0 aliphatic heterocycles. The fourth-order valence-corrected chi connectivity index (χ4v) is 3.36.